The molecule has 6 fully saturated rings. The van der Waals surface area contributed by atoms with E-state index >= 15 is 0 Å². The van der Waals surface area contributed by atoms with E-state index in [-0.39, 0.29) is 48.1 Å². The van der Waals surface area contributed by atoms with Gasteiger partial charge in [0.25, 0.3) is 0 Å². The van der Waals surface area contributed by atoms with E-state index in [4.69, 9.17) is 14.0 Å². The number of amides is 4. The minimum atomic E-state index is -0.899. The molecular formula is C38H55BN4O7. The number of carbonyl (C=O) groups excluding carboxylic acids is 4. The lowest BCUT2D eigenvalue weighted by atomic mass is 9.43. The zero-order valence-electron chi connectivity index (χ0n) is 30.8. The largest absolute Gasteiger partial charge is 0.481 e. The van der Waals surface area contributed by atoms with Crippen LogP contribution in [0.5, 0.6) is 0 Å². The first kappa shape index (κ1) is 35.3. The number of likely N-dealkylation sites (tertiary alicyclic amines) is 1. The van der Waals surface area contributed by atoms with E-state index in [0.717, 1.165) is 43.2 Å². The lowest BCUT2D eigenvalue weighted by Gasteiger charge is -2.64. The fourth-order valence-corrected chi connectivity index (χ4v) is 9.75. The molecule has 3 heterocycles. The average Bonchev–Trinajstić information content (AvgIpc) is 3.74. The smallest absolute Gasteiger partial charge is 0.444 e. The minimum absolute atomic E-state index is 0.0136. The van der Waals surface area contributed by atoms with Gasteiger partial charge in [-0.2, -0.15) is 0 Å². The molecule has 272 valence electrons. The summed E-state index contributed by atoms with van der Waals surface area (Å²) in [6.45, 7) is 14.8. The number of hydrogen-bond donors (Lipinski definition) is 2. The van der Waals surface area contributed by atoms with Gasteiger partial charge in [-0.05, 0) is 65.9 Å². The van der Waals surface area contributed by atoms with Crippen LogP contribution in [0.15, 0.2) is 24.3 Å². The van der Waals surface area contributed by atoms with Gasteiger partial charge < -0.3 is 29.6 Å². The Morgan fingerprint density at radius 3 is 2.28 bits per heavy atom. The predicted octanol–water partition coefficient (Wildman–Crippen LogP) is 4.60. The van der Waals surface area contributed by atoms with Crippen LogP contribution in [0.1, 0.15) is 105 Å². The van der Waals surface area contributed by atoms with Crippen LogP contribution in [-0.4, -0.2) is 83.1 Å². The number of benzene rings is 1. The molecule has 4 saturated carbocycles. The van der Waals surface area contributed by atoms with Gasteiger partial charge in [-0.15, -0.1) is 0 Å². The van der Waals surface area contributed by atoms with Gasteiger partial charge >= 0.3 is 13.2 Å². The van der Waals surface area contributed by atoms with E-state index < -0.39 is 42.4 Å². The third kappa shape index (κ3) is 6.33. The first-order valence-electron chi connectivity index (χ1n) is 18.8. The Balaban J connectivity index is 1.10. The quantitative estimate of drug-likeness (QED) is 0.382. The summed E-state index contributed by atoms with van der Waals surface area (Å²) in [6, 6.07) is 6.15. The molecule has 7 aliphatic rings. The number of rotatable bonds is 8. The third-order valence-corrected chi connectivity index (χ3v) is 13.1. The molecule has 4 aliphatic carbocycles. The molecule has 0 unspecified atom stereocenters. The van der Waals surface area contributed by atoms with Crippen LogP contribution in [0.4, 0.5) is 4.79 Å². The van der Waals surface area contributed by atoms with E-state index in [1.165, 1.54) is 18.2 Å². The van der Waals surface area contributed by atoms with E-state index in [9.17, 15) is 19.2 Å². The van der Waals surface area contributed by atoms with E-state index in [0.29, 0.717) is 30.8 Å². The number of carbonyl (C=O) groups is 4. The van der Waals surface area contributed by atoms with Crippen molar-refractivity contribution in [3.63, 3.8) is 0 Å². The summed E-state index contributed by atoms with van der Waals surface area (Å²) in [7, 11) is -0.581. The lowest BCUT2D eigenvalue weighted by Crippen LogP contribution is -2.65. The van der Waals surface area contributed by atoms with Crippen LogP contribution in [0.2, 0.25) is 0 Å². The standard InChI is InChI=1S/C38H55BN4O7/c1-22(44)40-32(36(2,3)4)34(46)43-21-27(48-35(47)42-19-24-13-8-9-14-25(24)20-42)18-28(43)33(45)41-31(15-23-11-10-12-23)39-49-30-17-26-16-29(37(26,5)6)38(30,7)50-39/h8-9,13-14,23,26-32H,10-12,15-21H2,1-7H3,(H,40,44)(H,41,45)/t26-,27-,28+,29-,30-,31+,32-,38+/m1/s1. The molecule has 2 saturated heterocycles. The molecule has 2 N–H and O–H groups in total. The maximum Gasteiger partial charge on any atom is 0.481 e. The van der Waals surface area contributed by atoms with E-state index in [1.807, 2.05) is 45.0 Å². The second-order valence-corrected chi connectivity index (χ2v) is 17.9. The summed E-state index contributed by atoms with van der Waals surface area (Å²) in [5, 5.41) is 6.12. The third-order valence-electron chi connectivity index (χ3n) is 13.1. The Bertz CT molecular complexity index is 1500. The summed E-state index contributed by atoms with van der Waals surface area (Å²) >= 11 is 0. The van der Waals surface area contributed by atoms with Crippen molar-refractivity contribution < 1.29 is 33.2 Å². The minimum Gasteiger partial charge on any atom is -0.444 e. The van der Waals surface area contributed by atoms with E-state index in [1.54, 1.807) is 4.90 Å². The highest BCUT2D eigenvalue weighted by Gasteiger charge is 2.68. The van der Waals surface area contributed by atoms with Crippen molar-refractivity contribution in [3.05, 3.63) is 35.4 Å². The summed E-state index contributed by atoms with van der Waals surface area (Å²) < 4.78 is 19.5. The highest BCUT2D eigenvalue weighted by Crippen LogP contribution is 2.65. The molecule has 8 atom stereocenters. The van der Waals surface area contributed by atoms with Crippen molar-refractivity contribution >= 4 is 30.9 Å². The van der Waals surface area contributed by atoms with Crippen molar-refractivity contribution in [3.8, 4) is 0 Å². The van der Waals surface area contributed by atoms with Crippen LogP contribution in [0, 0.1) is 28.6 Å². The molecule has 8 rings (SSSR count). The van der Waals surface area contributed by atoms with Crippen molar-refractivity contribution in [2.45, 2.75) is 142 Å². The van der Waals surface area contributed by atoms with Gasteiger partial charge in [0.2, 0.25) is 17.7 Å². The molecule has 2 bridgehead atoms. The lowest BCUT2D eigenvalue weighted by molar-refractivity contribution is -0.199. The molecule has 12 heteroatoms. The Labute approximate surface area is 297 Å². The predicted molar refractivity (Wildman–Crippen MR) is 187 cm³/mol. The first-order chi connectivity index (χ1) is 23.5. The SMILES string of the molecule is CC(=O)N[C@H](C(=O)N1C[C@H](OC(=O)N2Cc3ccccc3C2)C[C@H]1C(=O)N[C@@H](CC1CCC1)B1O[C@@H]2C[C@H]3C[C@H](C3(C)C)[C@]2(C)O1)C(C)(C)C. The van der Waals surface area contributed by atoms with E-state index in [2.05, 4.69) is 31.4 Å². The normalized spacial score (nSPS) is 32.3. The summed E-state index contributed by atoms with van der Waals surface area (Å²) in [4.78, 5) is 57.6. The molecule has 50 heavy (non-hydrogen) atoms. The molecular weight excluding hydrogens is 635 g/mol. The van der Waals surface area contributed by atoms with Gasteiger partial charge in [-0.3, -0.25) is 19.3 Å². The van der Waals surface area contributed by atoms with Crippen LogP contribution >= 0.6 is 0 Å². The number of nitrogens with zero attached hydrogens (tertiary/aromatic N) is 2. The Kier molecular flexibility index (Phi) is 9.06. The molecule has 11 nitrogen and oxygen atoms in total. The molecule has 0 radical (unpaired) electrons. The number of hydrogen-bond acceptors (Lipinski definition) is 7. The fourth-order valence-electron chi connectivity index (χ4n) is 9.75. The zero-order valence-corrected chi connectivity index (χ0v) is 30.8. The average molecular weight is 691 g/mol. The molecule has 3 aliphatic heterocycles. The maximum atomic E-state index is 14.5. The fraction of sp³-hybridized carbons (Fsp3) is 0.737. The molecule has 1 aromatic carbocycles. The van der Waals surface area contributed by atoms with Gasteiger partial charge in [0.1, 0.15) is 18.2 Å². The highest BCUT2D eigenvalue weighted by atomic mass is 16.7. The van der Waals surface area contributed by atoms with Gasteiger partial charge in [0, 0.05) is 26.4 Å². The van der Waals surface area contributed by atoms with Crippen LogP contribution in [0.3, 0.4) is 0 Å². The zero-order chi connectivity index (χ0) is 35.7. The Morgan fingerprint density at radius 1 is 1.02 bits per heavy atom. The van der Waals surface area contributed by atoms with Crippen molar-refractivity contribution in [1.82, 2.24) is 20.4 Å². The Morgan fingerprint density at radius 2 is 1.70 bits per heavy atom. The van der Waals surface area contributed by atoms with Crippen molar-refractivity contribution in [2.75, 3.05) is 6.54 Å². The molecule has 4 amide bonds. The van der Waals surface area contributed by atoms with Crippen LogP contribution < -0.4 is 10.6 Å². The molecule has 0 aromatic heterocycles. The summed E-state index contributed by atoms with van der Waals surface area (Å²) in [6.07, 6.45) is 5.20. The number of ether oxygens (including phenoxy) is 1. The highest BCUT2D eigenvalue weighted by molar-refractivity contribution is 6.48. The van der Waals surface area contributed by atoms with Crippen molar-refractivity contribution in [1.29, 1.82) is 0 Å². The monoisotopic (exact) mass is 690 g/mol. The van der Waals surface area contributed by atoms with Gasteiger partial charge in [0.05, 0.1) is 24.2 Å². The first-order valence-corrected chi connectivity index (χ1v) is 18.8. The summed E-state index contributed by atoms with van der Waals surface area (Å²) in [5.74, 6) is 0.0745. The molecule has 0 spiro atoms. The van der Waals surface area contributed by atoms with Crippen molar-refractivity contribution in [2.24, 2.45) is 28.6 Å². The van der Waals surface area contributed by atoms with Gasteiger partial charge in [-0.1, -0.05) is 78.1 Å². The van der Waals surface area contributed by atoms with Crippen LogP contribution in [-0.2, 0) is 41.5 Å². The maximum absolute atomic E-state index is 14.5. The Hall–Kier alpha value is -3.12. The second kappa shape index (κ2) is 12.8. The molecule has 1 aromatic rings. The number of nitrogens with one attached hydrogen (secondary N) is 2. The number of fused-ring (bicyclic) bond motifs is 1. The summed E-state index contributed by atoms with van der Waals surface area (Å²) in [5.41, 5.74) is 1.32. The second-order valence-electron chi connectivity index (χ2n) is 17.9. The van der Waals surface area contributed by atoms with Gasteiger partial charge in [0.15, 0.2) is 0 Å². The van der Waals surface area contributed by atoms with Crippen LogP contribution in [0.25, 0.3) is 0 Å². The van der Waals surface area contributed by atoms with Gasteiger partial charge in [-0.25, -0.2) is 4.79 Å². The topological polar surface area (TPSA) is 127 Å².